The standard InChI is InChI=1S/C25H26N2O4/c1-4-30-23-8-6-5-7-22(23)27-25(29)19-11-15-21(16-12-19)31-18(3)24(28)26-20-13-9-17(2)10-14-20/h5-16,18H,4H2,1-3H3,(H,26,28)(H,27,29)/t18-/m1/s1. The van der Waals surface area contributed by atoms with Gasteiger partial charge in [-0.05, 0) is 69.3 Å². The van der Waals surface area contributed by atoms with Gasteiger partial charge in [-0.2, -0.15) is 0 Å². The fourth-order valence-corrected chi connectivity index (χ4v) is 2.87. The Morgan fingerprint density at radius 3 is 2.26 bits per heavy atom. The van der Waals surface area contributed by atoms with E-state index in [0.717, 1.165) is 5.56 Å². The molecular weight excluding hydrogens is 392 g/mol. The van der Waals surface area contributed by atoms with Gasteiger partial charge < -0.3 is 20.1 Å². The molecule has 6 nitrogen and oxygen atoms in total. The Kier molecular flexibility index (Phi) is 7.27. The Morgan fingerprint density at radius 2 is 1.58 bits per heavy atom. The summed E-state index contributed by atoms with van der Waals surface area (Å²) in [7, 11) is 0. The van der Waals surface area contributed by atoms with Crippen LogP contribution in [0.15, 0.2) is 72.8 Å². The molecule has 0 aliphatic heterocycles. The number of ether oxygens (including phenoxy) is 2. The molecule has 160 valence electrons. The average Bonchev–Trinajstić information content (AvgIpc) is 2.77. The predicted octanol–water partition coefficient (Wildman–Crippen LogP) is 5.05. The molecule has 2 N–H and O–H groups in total. The lowest BCUT2D eigenvalue weighted by Crippen LogP contribution is -2.30. The molecule has 3 aromatic rings. The smallest absolute Gasteiger partial charge is 0.265 e. The maximum Gasteiger partial charge on any atom is 0.265 e. The molecule has 31 heavy (non-hydrogen) atoms. The largest absolute Gasteiger partial charge is 0.492 e. The monoisotopic (exact) mass is 418 g/mol. The van der Waals surface area contributed by atoms with Gasteiger partial charge in [0.25, 0.3) is 11.8 Å². The zero-order chi connectivity index (χ0) is 22.2. The molecular formula is C25H26N2O4. The highest BCUT2D eigenvalue weighted by Crippen LogP contribution is 2.24. The summed E-state index contributed by atoms with van der Waals surface area (Å²) in [5.74, 6) is 0.603. The van der Waals surface area contributed by atoms with E-state index in [0.29, 0.717) is 35.0 Å². The fraction of sp³-hybridized carbons (Fsp3) is 0.200. The van der Waals surface area contributed by atoms with Gasteiger partial charge in [-0.25, -0.2) is 0 Å². The van der Waals surface area contributed by atoms with E-state index in [1.54, 1.807) is 43.3 Å². The number of carbonyl (C=O) groups excluding carboxylic acids is 2. The fourth-order valence-electron chi connectivity index (χ4n) is 2.87. The minimum absolute atomic E-state index is 0.252. The second-order valence-electron chi connectivity index (χ2n) is 7.02. The van der Waals surface area contributed by atoms with Crippen molar-refractivity contribution in [2.24, 2.45) is 0 Å². The molecule has 0 heterocycles. The molecule has 6 heteroatoms. The summed E-state index contributed by atoms with van der Waals surface area (Å²) < 4.78 is 11.2. The molecule has 0 fully saturated rings. The van der Waals surface area contributed by atoms with Crippen molar-refractivity contribution < 1.29 is 19.1 Å². The van der Waals surface area contributed by atoms with Gasteiger partial charge in [-0.1, -0.05) is 29.8 Å². The van der Waals surface area contributed by atoms with E-state index in [1.807, 2.05) is 50.2 Å². The lowest BCUT2D eigenvalue weighted by atomic mass is 10.2. The van der Waals surface area contributed by atoms with Crippen LogP contribution in [-0.4, -0.2) is 24.5 Å². The number of nitrogens with one attached hydrogen (secondary N) is 2. The van der Waals surface area contributed by atoms with Crippen LogP contribution < -0.4 is 20.1 Å². The van der Waals surface area contributed by atoms with E-state index in [9.17, 15) is 9.59 Å². The highest BCUT2D eigenvalue weighted by molar-refractivity contribution is 6.05. The van der Waals surface area contributed by atoms with Crippen molar-refractivity contribution in [3.63, 3.8) is 0 Å². The molecule has 0 spiro atoms. The molecule has 0 saturated heterocycles. The number of hydrogen-bond acceptors (Lipinski definition) is 4. The van der Waals surface area contributed by atoms with Crippen LogP contribution in [0.4, 0.5) is 11.4 Å². The minimum atomic E-state index is -0.695. The lowest BCUT2D eigenvalue weighted by molar-refractivity contribution is -0.122. The summed E-state index contributed by atoms with van der Waals surface area (Å²) in [6.07, 6.45) is -0.695. The Bertz CT molecular complexity index is 1030. The van der Waals surface area contributed by atoms with Crippen LogP contribution in [0, 0.1) is 6.92 Å². The molecule has 3 rings (SSSR count). The van der Waals surface area contributed by atoms with E-state index in [1.165, 1.54) is 0 Å². The van der Waals surface area contributed by atoms with Crippen LogP contribution in [0.1, 0.15) is 29.8 Å². The third-order valence-electron chi connectivity index (χ3n) is 4.55. The minimum Gasteiger partial charge on any atom is -0.492 e. The molecule has 0 unspecified atom stereocenters. The Morgan fingerprint density at radius 1 is 0.903 bits per heavy atom. The molecule has 0 radical (unpaired) electrons. The van der Waals surface area contributed by atoms with Crippen LogP contribution in [0.25, 0.3) is 0 Å². The zero-order valence-electron chi connectivity index (χ0n) is 17.8. The number of para-hydroxylation sites is 2. The number of anilines is 2. The predicted molar refractivity (Wildman–Crippen MR) is 122 cm³/mol. The van der Waals surface area contributed by atoms with Gasteiger partial charge in [0.05, 0.1) is 12.3 Å². The van der Waals surface area contributed by atoms with Crippen molar-refractivity contribution in [1.82, 2.24) is 0 Å². The molecule has 3 aromatic carbocycles. The van der Waals surface area contributed by atoms with Gasteiger partial charge in [0, 0.05) is 11.3 Å². The highest BCUT2D eigenvalue weighted by Gasteiger charge is 2.16. The van der Waals surface area contributed by atoms with Crippen molar-refractivity contribution >= 4 is 23.2 Å². The molecule has 1 atom stereocenters. The Labute approximate surface area is 182 Å². The van der Waals surface area contributed by atoms with Gasteiger partial charge in [0.15, 0.2) is 6.10 Å². The van der Waals surface area contributed by atoms with Gasteiger partial charge in [-0.15, -0.1) is 0 Å². The van der Waals surface area contributed by atoms with E-state index >= 15 is 0 Å². The van der Waals surface area contributed by atoms with Crippen molar-refractivity contribution in [2.75, 3.05) is 17.2 Å². The number of benzene rings is 3. The zero-order valence-corrected chi connectivity index (χ0v) is 17.8. The summed E-state index contributed by atoms with van der Waals surface area (Å²) in [5, 5.41) is 5.67. The van der Waals surface area contributed by atoms with E-state index in [2.05, 4.69) is 10.6 Å². The first kappa shape index (κ1) is 21.9. The summed E-state index contributed by atoms with van der Waals surface area (Å²) >= 11 is 0. The number of hydrogen-bond donors (Lipinski definition) is 2. The molecule has 0 aliphatic carbocycles. The van der Waals surface area contributed by atoms with Crippen LogP contribution in [-0.2, 0) is 4.79 Å². The Balaban J connectivity index is 1.58. The maximum absolute atomic E-state index is 12.6. The first-order chi connectivity index (χ1) is 15.0. The number of carbonyl (C=O) groups is 2. The van der Waals surface area contributed by atoms with E-state index in [4.69, 9.17) is 9.47 Å². The van der Waals surface area contributed by atoms with Gasteiger partial charge >= 0.3 is 0 Å². The normalized spacial score (nSPS) is 11.3. The number of aryl methyl sites for hydroxylation is 1. The van der Waals surface area contributed by atoms with Gasteiger partial charge in [0.1, 0.15) is 11.5 Å². The highest BCUT2D eigenvalue weighted by atomic mass is 16.5. The number of amides is 2. The second-order valence-corrected chi connectivity index (χ2v) is 7.02. The molecule has 0 saturated carbocycles. The van der Waals surface area contributed by atoms with Crippen LogP contribution in [0.5, 0.6) is 11.5 Å². The summed E-state index contributed by atoms with van der Waals surface area (Å²) in [4.78, 5) is 24.9. The summed E-state index contributed by atoms with van der Waals surface area (Å²) in [5.41, 5.74) is 2.91. The Hall–Kier alpha value is -3.80. The number of rotatable bonds is 8. The summed E-state index contributed by atoms with van der Waals surface area (Å²) in [6.45, 7) is 6.06. The molecule has 0 aliphatic rings. The third-order valence-corrected chi connectivity index (χ3v) is 4.55. The van der Waals surface area contributed by atoms with Crippen molar-refractivity contribution in [3.8, 4) is 11.5 Å². The van der Waals surface area contributed by atoms with Gasteiger partial charge in [0.2, 0.25) is 0 Å². The molecule has 0 aromatic heterocycles. The van der Waals surface area contributed by atoms with Crippen LogP contribution in [0.3, 0.4) is 0 Å². The van der Waals surface area contributed by atoms with E-state index < -0.39 is 6.10 Å². The lowest BCUT2D eigenvalue weighted by Gasteiger charge is -2.15. The third kappa shape index (κ3) is 6.09. The van der Waals surface area contributed by atoms with Crippen LogP contribution >= 0.6 is 0 Å². The first-order valence-corrected chi connectivity index (χ1v) is 10.1. The van der Waals surface area contributed by atoms with Gasteiger partial charge in [-0.3, -0.25) is 9.59 Å². The van der Waals surface area contributed by atoms with Crippen LogP contribution in [0.2, 0.25) is 0 Å². The SMILES string of the molecule is CCOc1ccccc1NC(=O)c1ccc(O[C@H](C)C(=O)Nc2ccc(C)cc2)cc1. The topological polar surface area (TPSA) is 76.7 Å². The van der Waals surface area contributed by atoms with Crippen molar-refractivity contribution in [1.29, 1.82) is 0 Å². The van der Waals surface area contributed by atoms with Crippen molar-refractivity contribution in [2.45, 2.75) is 26.9 Å². The van der Waals surface area contributed by atoms with E-state index in [-0.39, 0.29) is 11.8 Å². The second kappa shape index (κ2) is 10.3. The quantitative estimate of drug-likeness (QED) is 0.537. The van der Waals surface area contributed by atoms with Crippen molar-refractivity contribution in [3.05, 3.63) is 83.9 Å². The molecule has 0 bridgehead atoms. The molecule has 2 amide bonds. The average molecular weight is 418 g/mol. The maximum atomic E-state index is 12.6. The summed E-state index contributed by atoms with van der Waals surface area (Å²) in [6, 6.07) is 21.5. The first-order valence-electron chi connectivity index (χ1n) is 10.1.